The van der Waals surface area contributed by atoms with Crippen LogP contribution in [0.3, 0.4) is 0 Å². The Labute approximate surface area is 123 Å². The molecule has 19 heavy (non-hydrogen) atoms. The SMILES string of the molecule is O=C1c2cc(Cl)ccc2C(=O)c2c1ccc(Cl)c2Cl. The fourth-order valence-corrected chi connectivity index (χ4v) is 2.72. The van der Waals surface area contributed by atoms with Crippen molar-refractivity contribution in [3.05, 3.63) is 67.7 Å². The first-order valence-electron chi connectivity index (χ1n) is 5.37. The van der Waals surface area contributed by atoms with Crippen LogP contribution in [-0.4, -0.2) is 11.6 Å². The summed E-state index contributed by atoms with van der Waals surface area (Å²) in [6.07, 6.45) is 0. The standard InChI is InChI=1S/C14H5Cl3O2/c15-6-1-2-7-9(5-6)13(18)8-3-4-10(16)12(17)11(8)14(7)19/h1-5H. The minimum Gasteiger partial charge on any atom is -0.289 e. The number of carbonyl (C=O) groups is 2. The largest absolute Gasteiger partial charge is 0.289 e. The predicted molar refractivity (Wildman–Crippen MR) is 74.8 cm³/mol. The van der Waals surface area contributed by atoms with Crippen LogP contribution in [0.15, 0.2) is 30.3 Å². The van der Waals surface area contributed by atoms with Gasteiger partial charge in [0.05, 0.1) is 15.6 Å². The number of rotatable bonds is 0. The van der Waals surface area contributed by atoms with Crippen LogP contribution in [0.25, 0.3) is 0 Å². The maximum Gasteiger partial charge on any atom is 0.196 e. The van der Waals surface area contributed by atoms with E-state index in [1.54, 1.807) is 6.07 Å². The van der Waals surface area contributed by atoms with Gasteiger partial charge in [-0.1, -0.05) is 34.8 Å². The predicted octanol–water partition coefficient (Wildman–Crippen LogP) is 4.42. The third-order valence-corrected chi connectivity index (χ3v) is 4.08. The van der Waals surface area contributed by atoms with Crippen molar-refractivity contribution in [3.63, 3.8) is 0 Å². The van der Waals surface area contributed by atoms with Crippen molar-refractivity contribution in [2.75, 3.05) is 0 Å². The van der Waals surface area contributed by atoms with Crippen molar-refractivity contribution in [3.8, 4) is 0 Å². The molecule has 0 atom stereocenters. The second kappa shape index (κ2) is 4.34. The highest BCUT2D eigenvalue weighted by Gasteiger charge is 2.32. The molecule has 0 spiro atoms. The monoisotopic (exact) mass is 310 g/mol. The van der Waals surface area contributed by atoms with Gasteiger partial charge in [0.2, 0.25) is 0 Å². The van der Waals surface area contributed by atoms with Crippen LogP contribution in [0, 0.1) is 0 Å². The molecule has 1 aliphatic carbocycles. The minimum atomic E-state index is -0.311. The first kappa shape index (κ1) is 12.7. The van der Waals surface area contributed by atoms with E-state index in [2.05, 4.69) is 0 Å². The second-order valence-electron chi connectivity index (χ2n) is 4.13. The Morgan fingerprint density at radius 2 is 1.42 bits per heavy atom. The van der Waals surface area contributed by atoms with Crippen LogP contribution < -0.4 is 0 Å². The second-order valence-corrected chi connectivity index (χ2v) is 5.35. The van der Waals surface area contributed by atoms with Crippen LogP contribution in [-0.2, 0) is 0 Å². The molecule has 0 saturated heterocycles. The first-order valence-corrected chi connectivity index (χ1v) is 6.51. The van der Waals surface area contributed by atoms with Gasteiger partial charge in [0, 0.05) is 21.7 Å². The van der Waals surface area contributed by atoms with E-state index in [1.165, 1.54) is 24.3 Å². The van der Waals surface area contributed by atoms with E-state index in [1.807, 2.05) is 0 Å². The lowest BCUT2D eigenvalue weighted by molar-refractivity contribution is 0.0979. The molecule has 0 bridgehead atoms. The van der Waals surface area contributed by atoms with Crippen molar-refractivity contribution in [1.82, 2.24) is 0 Å². The van der Waals surface area contributed by atoms with Gasteiger partial charge in [0.25, 0.3) is 0 Å². The van der Waals surface area contributed by atoms with Crippen LogP contribution in [0.1, 0.15) is 31.8 Å². The van der Waals surface area contributed by atoms with Crippen LogP contribution in [0.4, 0.5) is 0 Å². The molecular weight excluding hydrogens is 307 g/mol. The van der Waals surface area contributed by atoms with Gasteiger partial charge in [-0.15, -0.1) is 0 Å². The van der Waals surface area contributed by atoms with Crippen LogP contribution in [0.5, 0.6) is 0 Å². The number of ketones is 2. The Bertz CT molecular complexity index is 751. The third kappa shape index (κ3) is 1.79. The summed E-state index contributed by atoms with van der Waals surface area (Å²) in [7, 11) is 0. The lowest BCUT2D eigenvalue weighted by Gasteiger charge is -2.18. The molecule has 0 saturated carbocycles. The summed E-state index contributed by atoms with van der Waals surface area (Å²) in [6.45, 7) is 0. The van der Waals surface area contributed by atoms with E-state index in [0.717, 1.165) is 0 Å². The molecule has 0 radical (unpaired) electrons. The van der Waals surface area contributed by atoms with Crippen molar-refractivity contribution in [2.45, 2.75) is 0 Å². The number of carbonyl (C=O) groups excluding carboxylic acids is 2. The maximum atomic E-state index is 12.4. The van der Waals surface area contributed by atoms with E-state index in [9.17, 15) is 9.59 Å². The van der Waals surface area contributed by atoms with Gasteiger partial charge >= 0.3 is 0 Å². The molecule has 0 unspecified atom stereocenters. The lowest BCUT2D eigenvalue weighted by atomic mass is 9.84. The lowest BCUT2D eigenvalue weighted by Crippen LogP contribution is -2.21. The van der Waals surface area contributed by atoms with Crippen molar-refractivity contribution >= 4 is 46.4 Å². The van der Waals surface area contributed by atoms with E-state index in [0.29, 0.717) is 16.1 Å². The summed E-state index contributed by atoms with van der Waals surface area (Å²) in [4.78, 5) is 24.8. The van der Waals surface area contributed by atoms with E-state index in [4.69, 9.17) is 34.8 Å². The average Bonchev–Trinajstić information content (AvgIpc) is 2.39. The summed E-state index contributed by atoms with van der Waals surface area (Å²) in [6, 6.07) is 7.59. The Morgan fingerprint density at radius 3 is 2.16 bits per heavy atom. The summed E-state index contributed by atoms with van der Waals surface area (Å²) in [5, 5.41) is 0.764. The third-order valence-electron chi connectivity index (χ3n) is 3.04. The van der Waals surface area contributed by atoms with Crippen LogP contribution >= 0.6 is 34.8 Å². The maximum absolute atomic E-state index is 12.4. The Kier molecular flexibility index (Phi) is 2.90. The van der Waals surface area contributed by atoms with Crippen molar-refractivity contribution in [1.29, 1.82) is 0 Å². The zero-order valence-electron chi connectivity index (χ0n) is 9.34. The Balaban J connectivity index is 2.36. The molecular formula is C14H5Cl3O2. The molecule has 3 rings (SSSR count). The van der Waals surface area contributed by atoms with E-state index >= 15 is 0 Å². The number of hydrogen-bond donors (Lipinski definition) is 0. The van der Waals surface area contributed by atoms with Gasteiger partial charge in [0.1, 0.15) is 0 Å². The fourth-order valence-electron chi connectivity index (χ4n) is 2.14. The zero-order valence-corrected chi connectivity index (χ0v) is 11.6. The summed E-state index contributed by atoms with van der Waals surface area (Å²) in [5.74, 6) is -0.584. The van der Waals surface area contributed by atoms with E-state index in [-0.39, 0.29) is 32.7 Å². The summed E-state index contributed by atoms with van der Waals surface area (Å²) < 4.78 is 0. The number of benzene rings is 2. The molecule has 2 nitrogen and oxygen atoms in total. The number of halogens is 3. The highest BCUT2D eigenvalue weighted by molar-refractivity contribution is 6.46. The molecule has 0 N–H and O–H groups in total. The van der Waals surface area contributed by atoms with Gasteiger partial charge in [0.15, 0.2) is 11.6 Å². The normalized spacial score (nSPS) is 13.2. The fraction of sp³-hybridized carbons (Fsp3) is 0. The molecule has 1 aliphatic rings. The summed E-state index contributed by atoms with van der Waals surface area (Å²) >= 11 is 17.8. The molecule has 5 heteroatoms. The number of hydrogen-bond acceptors (Lipinski definition) is 2. The van der Waals surface area contributed by atoms with Gasteiger partial charge in [-0.05, 0) is 30.3 Å². The average molecular weight is 312 g/mol. The minimum absolute atomic E-state index is 0.109. The zero-order chi connectivity index (χ0) is 13.7. The topological polar surface area (TPSA) is 34.1 Å². The molecule has 0 amide bonds. The first-order chi connectivity index (χ1) is 9.00. The Hall–Kier alpha value is -1.35. The van der Waals surface area contributed by atoms with Crippen molar-refractivity contribution in [2.24, 2.45) is 0 Å². The highest BCUT2D eigenvalue weighted by atomic mass is 35.5. The molecule has 0 heterocycles. The quantitative estimate of drug-likeness (QED) is 0.616. The molecule has 0 aliphatic heterocycles. The summed E-state index contributed by atoms with van der Waals surface area (Å²) in [5.41, 5.74) is 1.01. The smallest absolute Gasteiger partial charge is 0.196 e. The molecule has 2 aromatic carbocycles. The van der Waals surface area contributed by atoms with Crippen molar-refractivity contribution < 1.29 is 9.59 Å². The number of fused-ring (bicyclic) bond motifs is 2. The molecule has 0 fully saturated rings. The van der Waals surface area contributed by atoms with Gasteiger partial charge in [-0.3, -0.25) is 9.59 Å². The highest BCUT2D eigenvalue weighted by Crippen LogP contribution is 2.36. The van der Waals surface area contributed by atoms with Gasteiger partial charge in [-0.2, -0.15) is 0 Å². The van der Waals surface area contributed by atoms with Gasteiger partial charge < -0.3 is 0 Å². The van der Waals surface area contributed by atoms with Gasteiger partial charge in [-0.25, -0.2) is 0 Å². The molecule has 0 aromatic heterocycles. The molecule has 94 valence electrons. The van der Waals surface area contributed by atoms with E-state index < -0.39 is 0 Å². The van der Waals surface area contributed by atoms with Crippen LogP contribution in [0.2, 0.25) is 15.1 Å². The Morgan fingerprint density at radius 1 is 0.737 bits per heavy atom. The molecule has 2 aromatic rings.